The van der Waals surface area contributed by atoms with E-state index in [1.165, 1.54) is 11.8 Å². The minimum atomic E-state index is -0.250. The number of urea groups is 1. The topological polar surface area (TPSA) is 70.2 Å². The van der Waals surface area contributed by atoms with Crippen molar-refractivity contribution < 1.29 is 9.59 Å². The Labute approximate surface area is 110 Å². The Morgan fingerprint density at radius 2 is 2.22 bits per heavy atom. The maximum Gasteiger partial charge on any atom is 0.319 e. The maximum absolute atomic E-state index is 11.5. The van der Waals surface area contributed by atoms with E-state index < -0.39 is 0 Å². The Morgan fingerprint density at radius 3 is 2.94 bits per heavy atom. The number of carbonyl (C=O) groups is 2. The minimum absolute atomic E-state index is 0.0173. The molecule has 3 N–H and O–H groups in total. The summed E-state index contributed by atoms with van der Waals surface area (Å²) in [6, 6.07) is 5.31. The maximum atomic E-state index is 11.5. The number of anilines is 2. The van der Waals surface area contributed by atoms with Crippen LogP contribution in [0.4, 0.5) is 16.2 Å². The number of fused-ring (bicyclic) bond motifs is 1. The van der Waals surface area contributed by atoms with Gasteiger partial charge < -0.3 is 16.0 Å². The normalized spacial score (nSPS) is 13.8. The molecule has 5 nitrogen and oxygen atoms in total. The summed E-state index contributed by atoms with van der Waals surface area (Å²) in [5, 5.41) is 8.25. The third-order valence-corrected chi connectivity index (χ3v) is 3.36. The molecule has 0 radical (unpaired) electrons. The van der Waals surface area contributed by atoms with Gasteiger partial charge in [-0.15, -0.1) is 11.8 Å². The van der Waals surface area contributed by atoms with Crippen LogP contribution in [0.5, 0.6) is 0 Å². The molecule has 1 aromatic rings. The van der Waals surface area contributed by atoms with Crippen LogP contribution in [-0.2, 0) is 4.79 Å². The second kappa shape index (κ2) is 5.30. The van der Waals surface area contributed by atoms with E-state index in [2.05, 4.69) is 16.0 Å². The highest BCUT2D eigenvalue weighted by Crippen LogP contribution is 2.33. The first kappa shape index (κ1) is 12.8. The molecule has 0 aromatic heterocycles. The molecule has 1 aromatic carbocycles. The van der Waals surface area contributed by atoms with Crippen LogP contribution in [-0.4, -0.2) is 23.7 Å². The number of nitrogens with one attached hydrogen (secondary N) is 3. The lowest BCUT2D eigenvalue weighted by Crippen LogP contribution is -2.34. The molecule has 0 aliphatic carbocycles. The number of carbonyl (C=O) groups excluding carboxylic acids is 2. The van der Waals surface area contributed by atoms with Gasteiger partial charge in [0.15, 0.2) is 0 Å². The van der Waals surface area contributed by atoms with Gasteiger partial charge in [0, 0.05) is 16.6 Å². The van der Waals surface area contributed by atoms with Crippen molar-refractivity contribution in [2.75, 3.05) is 16.4 Å². The van der Waals surface area contributed by atoms with Gasteiger partial charge in [-0.3, -0.25) is 4.79 Å². The van der Waals surface area contributed by atoms with E-state index in [9.17, 15) is 9.59 Å². The molecule has 0 unspecified atom stereocenters. The molecule has 2 rings (SSSR count). The lowest BCUT2D eigenvalue weighted by molar-refractivity contribution is -0.113. The minimum Gasteiger partial charge on any atom is -0.336 e. The average molecular weight is 265 g/mol. The fraction of sp³-hybridized carbons (Fsp3) is 0.333. The predicted molar refractivity (Wildman–Crippen MR) is 73.1 cm³/mol. The van der Waals surface area contributed by atoms with E-state index in [1.54, 1.807) is 6.07 Å². The largest absolute Gasteiger partial charge is 0.336 e. The lowest BCUT2D eigenvalue weighted by atomic mass is 10.2. The van der Waals surface area contributed by atoms with Gasteiger partial charge in [0.2, 0.25) is 5.91 Å². The van der Waals surface area contributed by atoms with Crippen LogP contribution in [0.3, 0.4) is 0 Å². The van der Waals surface area contributed by atoms with Crippen molar-refractivity contribution in [3.05, 3.63) is 18.2 Å². The summed E-state index contributed by atoms with van der Waals surface area (Å²) in [4.78, 5) is 23.8. The number of amides is 3. The molecule has 0 atom stereocenters. The number of hydrogen-bond donors (Lipinski definition) is 3. The smallest absolute Gasteiger partial charge is 0.319 e. The molecule has 0 bridgehead atoms. The first-order chi connectivity index (χ1) is 8.54. The molecule has 18 heavy (non-hydrogen) atoms. The molecule has 6 heteroatoms. The molecule has 96 valence electrons. The van der Waals surface area contributed by atoms with Crippen molar-refractivity contribution in [2.45, 2.75) is 24.8 Å². The molecular formula is C12H15N3O2S. The van der Waals surface area contributed by atoms with Gasteiger partial charge >= 0.3 is 6.03 Å². The summed E-state index contributed by atoms with van der Waals surface area (Å²) in [5.74, 6) is 0.421. The van der Waals surface area contributed by atoms with Gasteiger partial charge in [-0.05, 0) is 32.0 Å². The second-order valence-electron chi connectivity index (χ2n) is 4.30. The zero-order valence-electron chi connectivity index (χ0n) is 10.2. The molecule has 3 amide bonds. The quantitative estimate of drug-likeness (QED) is 0.768. The summed E-state index contributed by atoms with van der Waals surface area (Å²) in [6.07, 6.45) is 0. The van der Waals surface area contributed by atoms with Crippen LogP contribution in [0.1, 0.15) is 13.8 Å². The first-order valence-electron chi connectivity index (χ1n) is 5.69. The molecule has 0 fully saturated rings. The van der Waals surface area contributed by atoms with E-state index in [1.807, 2.05) is 26.0 Å². The van der Waals surface area contributed by atoms with E-state index in [0.29, 0.717) is 11.4 Å². The van der Waals surface area contributed by atoms with Crippen LogP contribution < -0.4 is 16.0 Å². The van der Waals surface area contributed by atoms with Crippen LogP contribution in [0.2, 0.25) is 0 Å². The van der Waals surface area contributed by atoms with E-state index in [-0.39, 0.29) is 18.0 Å². The molecule has 0 saturated heterocycles. The fourth-order valence-electron chi connectivity index (χ4n) is 1.59. The van der Waals surface area contributed by atoms with Crippen molar-refractivity contribution in [1.82, 2.24) is 5.32 Å². The van der Waals surface area contributed by atoms with Crippen LogP contribution in [0.25, 0.3) is 0 Å². The number of thioether (sulfide) groups is 1. The summed E-state index contributed by atoms with van der Waals surface area (Å²) < 4.78 is 0. The molecule has 1 aliphatic heterocycles. The third-order valence-electron chi connectivity index (χ3n) is 2.29. The Kier molecular flexibility index (Phi) is 3.76. The van der Waals surface area contributed by atoms with Gasteiger partial charge in [-0.2, -0.15) is 0 Å². The first-order valence-corrected chi connectivity index (χ1v) is 6.67. The Balaban J connectivity index is 2.09. The SMILES string of the molecule is CC(C)NC(=O)Nc1ccc2c(c1)NC(=O)CS2. The van der Waals surface area contributed by atoms with Crippen molar-refractivity contribution in [3.8, 4) is 0 Å². The highest BCUT2D eigenvalue weighted by molar-refractivity contribution is 8.00. The number of hydrogen-bond acceptors (Lipinski definition) is 3. The lowest BCUT2D eigenvalue weighted by Gasteiger charge is -2.17. The van der Waals surface area contributed by atoms with Crippen LogP contribution in [0, 0.1) is 0 Å². The molecule has 0 spiro atoms. The molecule has 1 heterocycles. The van der Waals surface area contributed by atoms with Crippen molar-refractivity contribution in [3.63, 3.8) is 0 Å². The van der Waals surface area contributed by atoms with Gasteiger partial charge in [-0.25, -0.2) is 4.79 Å². The Morgan fingerprint density at radius 1 is 1.44 bits per heavy atom. The van der Waals surface area contributed by atoms with Crippen LogP contribution >= 0.6 is 11.8 Å². The van der Waals surface area contributed by atoms with Gasteiger partial charge in [0.1, 0.15) is 0 Å². The molecular weight excluding hydrogens is 250 g/mol. The Bertz CT molecular complexity index is 488. The predicted octanol–water partition coefficient (Wildman–Crippen LogP) is 2.26. The number of benzene rings is 1. The summed E-state index contributed by atoms with van der Waals surface area (Å²) in [6.45, 7) is 3.78. The Hall–Kier alpha value is -1.69. The zero-order chi connectivity index (χ0) is 13.1. The monoisotopic (exact) mass is 265 g/mol. The molecule has 1 aliphatic rings. The van der Waals surface area contributed by atoms with E-state index in [0.717, 1.165) is 10.6 Å². The van der Waals surface area contributed by atoms with Crippen LogP contribution in [0.15, 0.2) is 23.1 Å². The van der Waals surface area contributed by atoms with Gasteiger partial charge in [0.25, 0.3) is 0 Å². The highest BCUT2D eigenvalue weighted by Gasteiger charge is 2.15. The standard InChI is InChI=1S/C12H15N3O2S/c1-7(2)13-12(17)14-8-3-4-10-9(5-8)15-11(16)6-18-10/h3-5,7H,6H2,1-2H3,(H,15,16)(H2,13,14,17). The summed E-state index contributed by atoms with van der Waals surface area (Å²) in [5.41, 5.74) is 1.41. The van der Waals surface area contributed by atoms with E-state index in [4.69, 9.17) is 0 Å². The zero-order valence-corrected chi connectivity index (χ0v) is 11.1. The highest BCUT2D eigenvalue weighted by atomic mass is 32.2. The summed E-state index contributed by atoms with van der Waals surface area (Å²) in [7, 11) is 0. The fourth-order valence-corrected chi connectivity index (χ4v) is 2.38. The average Bonchev–Trinajstić information content (AvgIpc) is 2.27. The number of rotatable bonds is 2. The molecule has 0 saturated carbocycles. The van der Waals surface area contributed by atoms with Gasteiger partial charge in [-0.1, -0.05) is 0 Å². The summed E-state index contributed by atoms with van der Waals surface area (Å²) >= 11 is 1.49. The van der Waals surface area contributed by atoms with Crippen molar-refractivity contribution in [1.29, 1.82) is 0 Å². The van der Waals surface area contributed by atoms with Crippen molar-refractivity contribution >= 4 is 35.1 Å². The van der Waals surface area contributed by atoms with Crippen molar-refractivity contribution in [2.24, 2.45) is 0 Å². The third kappa shape index (κ3) is 3.16. The van der Waals surface area contributed by atoms with Gasteiger partial charge in [0.05, 0.1) is 11.4 Å². The second-order valence-corrected chi connectivity index (χ2v) is 5.32. The van der Waals surface area contributed by atoms with E-state index >= 15 is 0 Å².